The summed E-state index contributed by atoms with van der Waals surface area (Å²) in [6, 6.07) is 9.01. The number of phenolic OH excluding ortho intramolecular Hbond substituents is 3. The second kappa shape index (κ2) is 5.64. The summed E-state index contributed by atoms with van der Waals surface area (Å²) in [5, 5.41) is 39.5. The summed E-state index contributed by atoms with van der Waals surface area (Å²) >= 11 is 0. The van der Waals surface area contributed by atoms with E-state index >= 15 is 0 Å². The van der Waals surface area contributed by atoms with Crippen LogP contribution in [0.3, 0.4) is 0 Å². The number of ether oxygens (including phenoxy) is 2. The first-order valence-electron chi connectivity index (χ1n) is 7.15. The van der Waals surface area contributed by atoms with Gasteiger partial charge in [-0.15, -0.1) is 0 Å². The molecule has 4 N–H and O–H groups in total. The van der Waals surface area contributed by atoms with Crippen LogP contribution in [0.4, 0.5) is 0 Å². The van der Waals surface area contributed by atoms with Crippen molar-refractivity contribution in [2.75, 3.05) is 13.7 Å². The van der Waals surface area contributed by atoms with Crippen LogP contribution in [0.1, 0.15) is 17.2 Å². The average molecular weight is 318 g/mol. The predicted octanol–water partition coefficient (Wildman–Crippen LogP) is 1.86. The topological polar surface area (TPSA) is 99.4 Å². The summed E-state index contributed by atoms with van der Waals surface area (Å²) in [6.45, 7) is -0.0242. The monoisotopic (exact) mass is 318 g/mol. The standard InChI is InChI=1S/C17H18O6/c1-22-16-12-4-3-11(18)7-15(12)23-9-17(16,21)8-10-2-5-13(19)14(20)6-10/h2-7,16,18-21H,8-9H2,1H3/t16-,17-/m1/s1. The Balaban J connectivity index is 1.94. The van der Waals surface area contributed by atoms with Gasteiger partial charge in [-0.1, -0.05) is 6.07 Å². The zero-order chi connectivity index (χ0) is 16.6. The third-order valence-electron chi connectivity index (χ3n) is 4.03. The molecular weight excluding hydrogens is 300 g/mol. The van der Waals surface area contributed by atoms with Crippen LogP contribution in [0.2, 0.25) is 0 Å². The van der Waals surface area contributed by atoms with Crippen LogP contribution in [0.25, 0.3) is 0 Å². The molecule has 0 aromatic heterocycles. The van der Waals surface area contributed by atoms with Gasteiger partial charge < -0.3 is 29.9 Å². The van der Waals surface area contributed by atoms with Crippen molar-refractivity contribution in [1.29, 1.82) is 0 Å². The Bertz CT molecular complexity index is 729. The normalized spacial score (nSPS) is 23.1. The van der Waals surface area contributed by atoms with Crippen LogP contribution in [0.15, 0.2) is 36.4 Å². The van der Waals surface area contributed by atoms with Gasteiger partial charge >= 0.3 is 0 Å². The highest BCUT2D eigenvalue weighted by Gasteiger charge is 2.44. The summed E-state index contributed by atoms with van der Waals surface area (Å²) in [5.74, 6) is 0.0782. The Morgan fingerprint density at radius 3 is 2.61 bits per heavy atom. The second-order valence-electron chi connectivity index (χ2n) is 5.73. The lowest BCUT2D eigenvalue weighted by molar-refractivity contribution is -0.129. The second-order valence-corrected chi connectivity index (χ2v) is 5.73. The van der Waals surface area contributed by atoms with Gasteiger partial charge in [0.25, 0.3) is 0 Å². The highest BCUT2D eigenvalue weighted by Crippen LogP contribution is 2.43. The molecule has 0 aliphatic carbocycles. The van der Waals surface area contributed by atoms with Gasteiger partial charge in [-0.3, -0.25) is 0 Å². The summed E-state index contributed by atoms with van der Waals surface area (Å²) < 4.78 is 11.1. The number of fused-ring (bicyclic) bond motifs is 1. The Morgan fingerprint density at radius 2 is 1.91 bits per heavy atom. The fourth-order valence-electron chi connectivity index (χ4n) is 2.96. The zero-order valence-corrected chi connectivity index (χ0v) is 12.6. The molecule has 0 saturated heterocycles. The minimum Gasteiger partial charge on any atom is -0.508 e. The fourth-order valence-corrected chi connectivity index (χ4v) is 2.96. The molecule has 1 aliphatic rings. The van der Waals surface area contributed by atoms with Crippen LogP contribution in [-0.4, -0.2) is 39.7 Å². The lowest BCUT2D eigenvalue weighted by Gasteiger charge is -2.40. The van der Waals surface area contributed by atoms with Crippen LogP contribution in [-0.2, 0) is 11.2 Å². The number of aromatic hydroxyl groups is 3. The van der Waals surface area contributed by atoms with Crippen LogP contribution >= 0.6 is 0 Å². The average Bonchev–Trinajstić information content (AvgIpc) is 2.51. The maximum absolute atomic E-state index is 11.0. The van der Waals surface area contributed by atoms with E-state index < -0.39 is 11.7 Å². The molecule has 1 aliphatic heterocycles. The van der Waals surface area contributed by atoms with E-state index in [9.17, 15) is 20.4 Å². The highest BCUT2D eigenvalue weighted by molar-refractivity contribution is 5.45. The molecule has 1 heterocycles. The van der Waals surface area contributed by atoms with Crippen molar-refractivity contribution in [3.63, 3.8) is 0 Å². The van der Waals surface area contributed by atoms with Gasteiger partial charge in [-0.2, -0.15) is 0 Å². The zero-order valence-electron chi connectivity index (χ0n) is 12.6. The van der Waals surface area contributed by atoms with E-state index in [1.54, 1.807) is 12.1 Å². The molecule has 23 heavy (non-hydrogen) atoms. The SMILES string of the molecule is CO[C@@H]1c2ccc(O)cc2OC[C@]1(O)Cc1ccc(O)c(O)c1. The maximum atomic E-state index is 11.0. The van der Waals surface area contributed by atoms with Crippen molar-refractivity contribution in [2.24, 2.45) is 0 Å². The van der Waals surface area contributed by atoms with Crippen molar-refractivity contribution in [1.82, 2.24) is 0 Å². The van der Waals surface area contributed by atoms with E-state index in [0.29, 0.717) is 16.9 Å². The number of benzene rings is 2. The Morgan fingerprint density at radius 1 is 1.13 bits per heavy atom. The fraction of sp³-hybridized carbons (Fsp3) is 0.294. The molecule has 0 spiro atoms. The van der Waals surface area contributed by atoms with Crippen LogP contribution in [0, 0.1) is 0 Å². The molecule has 0 saturated carbocycles. The molecule has 122 valence electrons. The molecule has 3 rings (SSSR count). The minimum atomic E-state index is -1.35. The summed E-state index contributed by atoms with van der Waals surface area (Å²) in [5.41, 5.74) is -0.0694. The molecule has 2 aromatic rings. The Hall–Kier alpha value is -2.44. The van der Waals surface area contributed by atoms with Crippen molar-refractivity contribution in [2.45, 2.75) is 18.1 Å². The Kier molecular flexibility index (Phi) is 3.79. The molecule has 0 radical (unpaired) electrons. The summed E-state index contributed by atoms with van der Waals surface area (Å²) in [6.07, 6.45) is -0.484. The molecule has 0 fully saturated rings. The van der Waals surface area contributed by atoms with Gasteiger partial charge in [-0.05, 0) is 29.8 Å². The maximum Gasteiger partial charge on any atom is 0.157 e. The lowest BCUT2D eigenvalue weighted by atomic mass is 9.83. The number of hydrogen-bond acceptors (Lipinski definition) is 6. The van der Waals surface area contributed by atoms with Gasteiger partial charge in [0.05, 0.1) is 0 Å². The van der Waals surface area contributed by atoms with Crippen molar-refractivity contribution >= 4 is 0 Å². The van der Waals surface area contributed by atoms with Crippen LogP contribution < -0.4 is 4.74 Å². The van der Waals surface area contributed by atoms with E-state index in [0.717, 1.165) is 0 Å². The van der Waals surface area contributed by atoms with E-state index in [-0.39, 0.29) is 30.3 Å². The predicted molar refractivity (Wildman–Crippen MR) is 81.8 cm³/mol. The van der Waals surface area contributed by atoms with E-state index in [4.69, 9.17) is 9.47 Å². The van der Waals surface area contributed by atoms with E-state index in [1.165, 1.54) is 31.4 Å². The minimum absolute atomic E-state index is 0.0242. The summed E-state index contributed by atoms with van der Waals surface area (Å²) in [7, 11) is 1.49. The highest BCUT2D eigenvalue weighted by atomic mass is 16.5. The first-order valence-corrected chi connectivity index (χ1v) is 7.15. The van der Waals surface area contributed by atoms with Crippen molar-refractivity contribution < 1.29 is 29.9 Å². The van der Waals surface area contributed by atoms with E-state index in [2.05, 4.69) is 0 Å². The number of hydrogen-bond donors (Lipinski definition) is 4. The molecule has 2 aromatic carbocycles. The third-order valence-corrected chi connectivity index (χ3v) is 4.03. The van der Waals surface area contributed by atoms with Crippen LogP contribution in [0.5, 0.6) is 23.0 Å². The summed E-state index contributed by atoms with van der Waals surface area (Å²) in [4.78, 5) is 0. The number of phenols is 3. The molecule has 6 heteroatoms. The van der Waals surface area contributed by atoms with Gasteiger partial charge in [0.2, 0.25) is 0 Å². The quantitative estimate of drug-likeness (QED) is 0.645. The molecule has 0 amide bonds. The molecular formula is C17H18O6. The van der Waals surface area contributed by atoms with E-state index in [1.807, 2.05) is 0 Å². The first-order chi connectivity index (χ1) is 10.9. The van der Waals surface area contributed by atoms with Crippen molar-refractivity contribution in [3.05, 3.63) is 47.5 Å². The number of aliphatic hydroxyl groups is 1. The molecule has 0 unspecified atom stereocenters. The lowest BCUT2D eigenvalue weighted by Crippen LogP contribution is -2.48. The Labute approximate surface area is 133 Å². The number of methoxy groups -OCH3 is 1. The first kappa shape index (κ1) is 15.5. The van der Waals surface area contributed by atoms with Gasteiger partial charge in [0, 0.05) is 25.2 Å². The molecule has 2 atom stereocenters. The van der Waals surface area contributed by atoms with Crippen molar-refractivity contribution in [3.8, 4) is 23.0 Å². The van der Waals surface area contributed by atoms with Gasteiger partial charge in [0.1, 0.15) is 29.8 Å². The van der Waals surface area contributed by atoms with Gasteiger partial charge in [0.15, 0.2) is 11.5 Å². The molecule has 0 bridgehead atoms. The molecule has 6 nitrogen and oxygen atoms in total. The largest absolute Gasteiger partial charge is 0.508 e. The van der Waals surface area contributed by atoms with Gasteiger partial charge in [-0.25, -0.2) is 0 Å². The number of rotatable bonds is 3. The third kappa shape index (κ3) is 2.78. The smallest absolute Gasteiger partial charge is 0.157 e.